The molecule has 0 saturated heterocycles. The number of ether oxygens (including phenoxy) is 1. The molecule has 0 bridgehead atoms. The third kappa shape index (κ3) is 4.69. The average Bonchev–Trinajstić information content (AvgIpc) is 1.41. The summed E-state index contributed by atoms with van der Waals surface area (Å²) in [6.45, 7) is 2.82. The van der Waals surface area contributed by atoms with Crippen molar-refractivity contribution in [1.82, 2.24) is 0 Å². The summed E-state index contributed by atoms with van der Waals surface area (Å²) in [5.74, 6) is 0. The molecule has 0 aromatic heterocycles. The zero-order valence-electron chi connectivity index (χ0n) is 3.20. The maximum Gasteiger partial charge on any atom is 0.0979 e. The molecule has 0 aliphatic rings. The molecular weight excluding hydrogens is 179 g/mol. The minimum absolute atomic E-state index is 0.814. The lowest BCUT2D eigenvalue weighted by Gasteiger charge is -1.84. The molecule has 0 heterocycles. The van der Waals surface area contributed by atoms with E-state index >= 15 is 0 Å². The number of hydrogen-bond donors (Lipinski definition) is 0. The molecule has 0 fully saturated rings. The normalized spacial score (nSPS) is 8.40. The maximum absolute atomic E-state index is 4.82. The zero-order valence-corrected chi connectivity index (χ0v) is 5.36. The molecule has 0 saturated carbocycles. The lowest BCUT2D eigenvalue weighted by Crippen LogP contribution is -1.80. The molecule has 0 radical (unpaired) electrons. The van der Waals surface area contributed by atoms with Gasteiger partial charge in [0.05, 0.1) is 4.61 Å². The van der Waals surface area contributed by atoms with E-state index in [1.165, 1.54) is 0 Å². The molecule has 5 heavy (non-hydrogen) atoms. The lowest BCUT2D eigenvalue weighted by molar-refractivity contribution is 0.207. The SMILES string of the molecule is CCOCI. The molecule has 0 aliphatic heterocycles. The fourth-order valence-electron chi connectivity index (χ4n) is 0.0772. The van der Waals surface area contributed by atoms with E-state index in [-0.39, 0.29) is 0 Å². The molecule has 0 aromatic rings. The van der Waals surface area contributed by atoms with E-state index < -0.39 is 0 Å². The van der Waals surface area contributed by atoms with Gasteiger partial charge in [0.1, 0.15) is 0 Å². The van der Waals surface area contributed by atoms with E-state index in [0.29, 0.717) is 0 Å². The molecule has 1 nitrogen and oxygen atoms in total. The van der Waals surface area contributed by atoms with E-state index in [9.17, 15) is 0 Å². The molecule has 0 unspecified atom stereocenters. The van der Waals surface area contributed by atoms with Crippen LogP contribution in [-0.2, 0) is 4.74 Å². The lowest BCUT2D eigenvalue weighted by atomic mass is 10.9. The quantitative estimate of drug-likeness (QED) is 0.468. The van der Waals surface area contributed by atoms with Crippen LogP contribution in [0.4, 0.5) is 0 Å². The molecule has 0 N–H and O–H groups in total. The first kappa shape index (κ1) is 5.69. The van der Waals surface area contributed by atoms with Crippen LogP contribution in [0.1, 0.15) is 6.92 Å². The average molecular weight is 186 g/mol. The zero-order chi connectivity index (χ0) is 4.12. The van der Waals surface area contributed by atoms with Gasteiger partial charge in [-0.25, -0.2) is 0 Å². The highest BCUT2D eigenvalue weighted by molar-refractivity contribution is 14.1. The summed E-state index contributed by atoms with van der Waals surface area (Å²) in [5, 5.41) is 0. The number of alkyl halides is 1. The van der Waals surface area contributed by atoms with Crippen LogP contribution in [0.2, 0.25) is 0 Å². The molecule has 0 spiro atoms. The smallest absolute Gasteiger partial charge is 0.0979 e. The van der Waals surface area contributed by atoms with Gasteiger partial charge in [-0.3, -0.25) is 0 Å². The van der Waals surface area contributed by atoms with E-state index in [1.54, 1.807) is 0 Å². The van der Waals surface area contributed by atoms with Gasteiger partial charge in [0, 0.05) is 6.61 Å². The fraction of sp³-hybridized carbons (Fsp3) is 1.00. The Morgan fingerprint density at radius 2 is 2.40 bits per heavy atom. The molecule has 0 rings (SSSR count). The van der Waals surface area contributed by atoms with Crippen molar-refractivity contribution in [3.8, 4) is 0 Å². The van der Waals surface area contributed by atoms with E-state index in [4.69, 9.17) is 4.74 Å². The molecule has 0 aliphatic carbocycles. The van der Waals surface area contributed by atoms with E-state index in [0.717, 1.165) is 11.2 Å². The summed E-state index contributed by atoms with van der Waals surface area (Å²) < 4.78 is 5.63. The monoisotopic (exact) mass is 186 g/mol. The van der Waals surface area contributed by atoms with Crippen LogP contribution in [0.15, 0.2) is 0 Å². The number of hydrogen-bond acceptors (Lipinski definition) is 1. The second-order valence-corrected chi connectivity index (χ2v) is 1.22. The predicted octanol–water partition coefficient (Wildman–Crippen LogP) is 1.42. The Hall–Kier alpha value is 0.690. The maximum atomic E-state index is 4.82. The Labute approximate surface area is 45.8 Å². The third-order valence-corrected chi connectivity index (χ3v) is 0.722. The highest BCUT2D eigenvalue weighted by Crippen LogP contribution is 1.79. The van der Waals surface area contributed by atoms with Crippen molar-refractivity contribution < 1.29 is 4.74 Å². The molecule has 2 heteroatoms. The van der Waals surface area contributed by atoms with E-state index in [1.807, 2.05) is 6.92 Å². The third-order valence-electron chi connectivity index (χ3n) is 0.281. The van der Waals surface area contributed by atoms with Gasteiger partial charge in [-0.2, -0.15) is 0 Å². The first-order valence-electron chi connectivity index (χ1n) is 1.55. The molecule has 0 atom stereocenters. The van der Waals surface area contributed by atoms with Gasteiger partial charge in [0.15, 0.2) is 0 Å². The van der Waals surface area contributed by atoms with Crippen molar-refractivity contribution in [3.63, 3.8) is 0 Å². The first-order valence-corrected chi connectivity index (χ1v) is 3.08. The topological polar surface area (TPSA) is 9.23 Å². The Morgan fingerprint density at radius 3 is 2.40 bits per heavy atom. The summed E-state index contributed by atoms with van der Waals surface area (Å²) in [6, 6.07) is 0. The van der Waals surface area contributed by atoms with Crippen LogP contribution in [0.25, 0.3) is 0 Å². The van der Waals surface area contributed by atoms with Gasteiger partial charge in [0.2, 0.25) is 0 Å². The molecule has 0 aromatic carbocycles. The van der Waals surface area contributed by atoms with Crippen molar-refractivity contribution in [1.29, 1.82) is 0 Å². The minimum Gasteiger partial charge on any atom is -0.371 e. The van der Waals surface area contributed by atoms with Gasteiger partial charge in [-0.05, 0) is 6.92 Å². The van der Waals surface area contributed by atoms with Gasteiger partial charge in [-0.1, -0.05) is 22.6 Å². The highest BCUT2D eigenvalue weighted by atomic mass is 127. The standard InChI is InChI=1S/C3H7IO/c1-2-5-3-4/h2-3H2,1H3. The van der Waals surface area contributed by atoms with Crippen LogP contribution < -0.4 is 0 Å². The van der Waals surface area contributed by atoms with Crippen molar-refractivity contribution in [2.24, 2.45) is 0 Å². The molecule has 32 valence electrons. The molecular formula is C3H7IO. The summed E-state index contributed by atoms with van der Waals surface area (Å²) in [6.07, 6.45) is 0. The Bertz CT molecular complexity index is 14.4. The van der Waals surface area contributed by atoms with Crippen LogP contribution in [0.3, 0.4) is 0 Å². The predicted molar refractivity (Wildman–Crippen MR) is 30.5 cm³/mol. The summed E-state index contributed by atoms with van der Waals surface area (Å²) in [4.78, 5) is 0. The van der Waals surface area contributed by atoms with Crippen LogP contribution in [-0.4, -0.2) is 11.2 Å². The largest absolute Gasteiger partial charge is 0.371 e. The van der Waals surface area contributed by atoms with Crippen LogP contribution in [0, 0.1) is 0 Å². The van der Waals surface area contributed by atoms with Gasteiger partial charge < -0.3 is 4.74 Å². The van der Waals surface area contributed by atoms with Crippen molar-refractivity contribution in [2.45, 2.75) is 6.92 Å². The van der Waals surface area contributed by atoms with Crippen LogP contribution in [0.5, 0.6) is 0 Å². The van der Waals surface area contributed by atoms with Crippen molar-refractivity contribution in [3.05, 3.63) is 0 Å². The van der Waals surface area contributed by atoms with Crippen molar-refractivity contribution >= 4 is 22.6 Å². The molecule has 0 amide bonds. The Kier molecular flexibility index (Phi) is 5.34. The highest BCUT2D eigenvalue weighted by Gasteiger charge is 1.65. The number of rotatable bonds is 2. The Morgan fingerprint density at radius 1 is 1.80 bits per heavy atom. The first-order chi connectivity index (χ1) is 2.41. The fourth-order valence-corrected chi connectivity index (χ4v) is 0.518. The Balaban J connectivity index is 2.19. The van der Waals surface area contributed by atoms with E-state index in [2.05, 4.69) is 22.6 Å². The number of halogens is 1. The van der Waals surface area contributed by atoms with Gasteiger partial charge >= 0.3 is 0 Å². The van der Waals surface area contributed by atoms with Crippen LogP contribution >= 0.6 is 22.6 Å². The summed E-state index contributed by atoms with van der Waals surface area (Å²) in [7, 11) is 0. The minimum atomic E-state index is 0.814. The second-order valence-electron chi connectivity index (χ2n) is 0.602. The summed E-state index contributed by atoms with van der Waals surface area (Å²) >= 11 is 2.17. The van der Waals surface area contributed by atoms with Gasteiger partial charge in [0.25, 0.3) is 0 Å². The second kappa shape index (κ2) is 4.69. The summed E-state index contributed by atoms with van der Waals surface area (Å²) in [5.41, 5.74) is 0. The van der Waals surface area contributed by atoms with Crippen molar-refractivity contribution in [2.75, 3.05) is 11.2 Å². The van der Waals surface area contributed by atoms with Gasteiger partial charge in [-0.15, -0.1) is 0 Å².